The Labute approximate surface area is 335 Å². The molecule has 0 radical (unpaired) electrons. The zero-order valence-corrected chi connectivity index (χ0v) is 34.5. The number of anilines is 1. The summed E-state index contributed by atoms with van der Waals surface area (Å²) >= 11 is 0. The Morgan fingerprint density at radius 1 is 0.842 bits per heavy atom. The van der Waals surface area contributed by atoms with Gasteiger partial charge < -0.3 is 29.1 Å². The van der Waals surface area contributed by atoms with Gasteiger partial charge in [0.15, 0.2) is 5.65 Å². The largest absolute Gasteiger partial charge is 0.494 e. The van der Waals surface area contributed by atoms with E-state index in [1.54, 1.807) is 63.0 Å². The van der Waals surface area contributed by atoms with Gasteiger partial charge in [-0.2, -0.15) is 0 Å². The van der Waals surface area contributed by atoms with Crippen LogP contribution in [0.3, 0.4) is 0 Å². The molecular weight excluding hydrogens is 741 g/mol. The van der Waals surface area contributed by atoms with Crippen LogP contribution in [0.15, 0.2) is 78.0 Å². The fourth-order valence-corrected chi connectivity index (χ4v) is 9.58. The number of hydrogen-bond donors (Lipinski definition) is 0. The number of fused-ring (bicyclic) bond motifs is 1. The van der Waals surface area contributed by atoms with Crippen molar-refractivity contribution in [3.63, 3.8) is 0 Å². The minimum atomic E-state index is -4.04. The monoisotopic (exact) mass is 792 g/mol. The van der Waals surface area contributed by atoms with Crippen LogP contribution >= 0.6 is 0 Å². The van der Waals surface area contributed by atoms with Gasteiger partial charge >= 0.3 is 0 Å². The summed E-state index contributed by atoms with van der Waals surface area (Å²) in [6, 6.07) is 18.9. The van der Waals surface area contributed by atoms with Gasteiger partial charge in [-0.15, -0.1) is 0 Å². The van der Waals surface area contributed by atoms with E-state index in [0.29, 0.717) is 64.6 Å². The zero-order chi connectivity index (χ0) is 40.0. The van der Waals surface area contributed by atoms with E-state index < -0.39 is 10.0 Å². The molecule has 0 spiro atoms. The highest BCUT2D eigenvalue weighted by atomic mass is 32.2. The summed E-state index contributed by atoms with van der Waals surface area (Å²) in [4.78, 5) is 34.6. The molecular formula is C43H52N8O5S. The molecule has 2 aromatic heterocycles. The van der Waals surface area contributed by atoms with Crippen LogP contribution in [-0.2, 0) is 10.0 Å². The number of ether oxygens (including phenoxy) is 2. The van der Waals surface area contributed by atoms with Gasteiger partial charge in [-0.3, -0.25) is 9.69 Å². The Bertz CT molecular complexity index is 2330. The quantitative estimate of drug-likeness (QED) is 0.192. The lowest BCUT2D eigenvalue weighted by atomic mass is 10.0. The van der Waals surface area contributed by atoms with E-state index in [-0.39, 0.29) is 16.4 Å². The Hall–Kier alpha value is -5.02. The lowest BCUT2D eigenvalue weighted by molar-refractivity contribution is 0.0399. The first-order valence-electron chi connectivity index (χ1n) is 19.7. The first-order chi connectivity index (χ1) is 27.4. The second-order valence-electron chi connectivity index (χ2n) is 15.8. The first kappa shape index (κ1) is 38.8. The van der Waals surface area contributed by atoms with Crippen molar-refractivity contribution >= 4 is 32.8 Å². The van der Waals surface area contributed by atoms with E-state index in [0.717, 1.165) is 56.1 Å². The maximum atomic E-state index is 14.2. The third-order valence-electron chi connectivity index (χ3n) is 12.0. The van der Waals surface area contributed by atoms with Crippen LogP contribution in [0.1, 0.15) is 28.8 Å². The minimum absolute atomic E-state index is 0.0309. The van der Waals surface area contributed by atoms with Gasteiger partial charge in [0.25, 0.3) is 15.9 Å². The van der Waals surface area contributed by atoms with E-state index in [1.165, 1.54) is 16.8 Å². The first-order valence-corrected chi connectivity index (χ1v) is 21.1. The molecule has 3 fully saturated rings. The van der Waals surface area contributed by atoms with Crippen LogP contribution in [-0.4, -0.2) is 148 Å². The Kier molecular flexibility index (Phi) is 10.7. The summed E-state index contributed by atoms with van der Waals surface area (Å²) in [7, 11) is 5.52. The fourth-order valence-electron chi connectivity index (χ4n) is 8.27. The number of methoxy groups -OCH3 is 2. The van der Waals surface area contributed by atoms with Crippen LogP contribution in [0.2, 0.25) is 0 Å². The Morgan fingerprint density at radius 2 is 1.47 bits per heavy atom. The number of aryl methyl sites for hydroxylation is 1. The predicted octanol–water partition coefficient (Wildman–Crippen LogP) is 4.93. The topological polar surface area (TPSA) is 117 Å². The highest BCUT2D eigenvalue weighted by molar-refractivity contribution is 7.90. The highest BCUT2D eigenvalue weighted by Crippen LogP contribution is 2.43. The molecule has 0 aliphatic carbocycles. The van der Waals surface area contributed by atoms with Gasteiger partial charge in [0.1, 0.15) is 22.7 Å². The molecule has 0 unspecified atom stereocenters. The summed E-state index contributed by atoms with van der Waals surface area (Å²) in [5.74, 6) is 1.30. The number of carbonyl (C=O) groups is 1. The molecule has 3 aromatic carbocycles. The summed E-state index contributed by atoms with van der Waals surface area (Å²) < 4.78 is 41.6. The average Bonchev–Trinajstić information content (AvgIpc) is 3.60. The van der Waals surface area contributed by atoms with Crippen molar-refractivity contribution in [1.29, 1.82) is 0 Å². The third-order valence-corrected chi connectivity index (χ3v) is 13.6. The molecule has 0 bridgehead atoms. The molecule has 1 amide bonds. The van der Waals surface area contributed by atoms with E-state index in [2.05, 4.69) is 26.6 Å². The van der Waals surface area contributed by atoms with Crippen molar-refractivity contribution in [1.82, 2.24) is 33.5 Å². The second-order valence-corrected chi connectivity index (χ2v) is 17.6. The summed E-state index contributed by atoms with van der Waals surface area (Å²) in [6.07, 6.45) is 5.57. The van der Waals surface area contributed by atoms with Gasteiger partial charge in [-0.05, 0) is 96.0 Å². The number of piperazine rings is 1. The normalized spacial score (nSPS) is 17.7. The molecule has 0 N–H and O–H groups in total. The standard InChI is InChI=1S/C43H52N8O5S/c1-29-7-13-35(14-8-29)57(53,54)51-28-36(30-9-11-31(12-10-30)43(52)50-26-34(27-50)46(2)3)40-42(51)44-25-37(45-40)32-23-38(55-5)41(39(24-32)56-6)49-21-19-48(20-22-49)33-15-17-47(4)18-16-33/h7-14,23-25,28,33-34H,15-22,26-27H2,1-6H3. The lowest BCUT2D eigenvalue weighted by Crippen LogP contribution is -2.59. The molecule has 0 atom stereocenters. The van der Waals surface area contributed by atoms with E-state index in [1.807, 2.05) is 50.2 Å². The maximum absolute atomic E-state index is 14.2. The number of likely N-dealkylation sites (N-methyl/N-ethyl adjacent to an activating group) is 1. The number of carbonyl (C=O) groups excluding carboxylic acids is 1. The second kappa shape index (κ2) is 15.7. The molecule has 13 nitrogen and oxygen atoms in total. The molecule has 3 saturated heterocycles. The van der Waals surface area contributed by atoms with E-state index >= 15 is 0 Å². The van der Waals surface area contributed by atoms with Crippen molar-refractivity contribution in [2.75, 3.05) is 92.6 Å². The summed E-state index contributed by atoms with van der Waals surface area (Å²) in [6.45, 7) is 9.22. The van der Waals surface area contributed by atoms with Crippen molar-refractivity contribution in [3.05, 3.63) is 84.2 Å². The van der Waals surface area contributed by atoms with Crippen LogP contribution < -0.4 is 14.4 Å². The minimum Gasteiger partial charge on any atom is -0.494 e. The molecule has 300 valence electrons. The van der Waals surface area contributed by atoms with Crippen molar-refractivity contribution in [2.24, 2.45) is 0 Å². The van der Waals surface area contributed by atoms with Crippen LogP contribution in [0.4, 0.5) is 5.69 Å². The molecule has 3 aliphatic heterocycles. The predicted molar refractivity (Wildman–Crippen MR) is 223 cm³/mol. The summed E-state index contributed by atoms with van der Waals surface area (Å²) in [5.41, 5.74) is 5.57. The van der Waals surface area contributed by atoms with Crippen molar-refractivity contribution in [2.45, 2.75) is 36.7 Å². The highest BCUT2D eigenvalue weighted by Gasteiger charge is 2.33. The SMILES string of the molecule is COc1cc(-c2cnc3c(n2)c(-c2ccc(C(=O)N4CC(N(C)C)C4)cc2)cn3S(=O)(=O)c2ccc(C)cc2)cc(OC)c1N1CCN(C2CCN(C)CC2)CC1. The van der Waals surface area contributed by atoms with Gasteiger partial charge in [-0.25, -0.2) is 22.4 Å². The molecule has 5 heterocycles. The van der Waals surface area contributed by atoms with Gasteiger partial charge in [0, 0.05) is 74.2 Å². The van der Waals surface area contributed by atoms with Crippen LogP contribution in [0.25, 0.3) is 33.5 Å². The number of piperidine rings is 1. The third kappa shape index (κ3) is 7.47. The fraction of sp³-hybridized carbons (Fsp3) is 0.419. The van der Waals surface area contributed by atoms with Gasteiger partial charge in [0.2, 0.25) is 0 Å². The maximum Gasteiger partial charge on any atom is 0.269 e. The number of benzene rings is 3. The molecule has 3 aliphatic rings. The molecule has 14 heteroatoms. The number of amides is 1. The smallest absolute Gasteiger partial charge is 0.269 e. The zero-order valence-electron chi connectivity index (χ0n) is 33.7. The van der Waals surface area contributed by atoms with Crippen LogP contribution in [0, 0.1) is 6.92 Å². The van der Waals surface area contributed by atoms with E-state index in [9.17, 15) is 13.2 Å². The van der Waals surface area contributed by atoms with Crippen molar-refractivity contribution in [3.8, 4) is 33.9 Å². The molecule has 8 rings (SSSR count). The Morgan fingerprint density at radius 3 is 2.07 bits per heavy atom. The van der Waals surface area contributed by atoms with Gasteiger partial charge in [-0.1, -0.05) is 29.8 Å². The van der Waals surface area contributed by atoms with Gasteiger partial charge in [0.05, 0.1) is 31.0 Å². The molecule has 5 aromatic rings. The summed E-state index contributed by atoms with van der Waals surface area (Å²) in [5, 5.41) is 0. The average molecular weight is 793 g/mol. The van der Waals surface area contributed by atoms with Crippen LogP contribution in [0.5, 0.6) is 11.5 Å². The number of nitrogens with zero attached hydrogens (tertiary/aromatic N) is 8. The number of likely N-dealkylation sites (tertiary alicyclic amines) is 2. The number of rotatable bonds is 10. The molecule has 0 saturated carbocycles. The van der Waals surface area contributed by atoms with Crippen molar-refractivity contribution < 1.29 is 22.7 Å². The number of aromatic nitrogens is 3. The molecule has 57 heavy (non-hydrogen) atoms. The van der Waals surface area contributed by atoms with E-state index in [4.69, 9.17) is 19.4 Å². The number of hydrogen-bond acceptors (Lipinski definition) is 11. The lowest BCUT2D eigenvalue weighted by Gasteiger charge is -2.43. The Balaban J connectivity index is 1.14.